The number of rotatable bonds is 5. The van der Waals surface area contributed by atoms with Gasteiger partial charge in [-0.3, -0.25) is 19.4 Å². The number of anilines is 1. The summed E-state index contributed by atoms with van der Waals surface area (Å²) in [5.74, 6) is 0. The number of carbonyl (C=O) groups is 1. The number of benzene rings is 1. The molecule has 3 aromatic heterocycles. The van der Waals surface area contributed by atoms with Crippen molar-refractivity contribution in [1.29, 1.82) is 0 Å². The standard InChI is InChI=1S/C26H27N7O3S/c1-2-28-25(34)32-11-8-26(17-32)9-12-33-24(26)14-23(30-33)18-13-20-21(29-15-18)6-3-7-22(20)31-37(35,36)19-5-4-10-27-16-19/h3-7,10,13-16,31H,2,8-9,11-12,17H2,1H3,(H,28,34). The van der Waals surface area contributed by atoms with Crippen molar-refractivity contribution in [3.8, 4) is 11.3 Å². The molecule has 4 aromatic rings. The molecule has 6 rings (SSSR count). The monoisotopic (exact) mass is 517 g/mol. The Labute approximate surface area is 214 Å². The van der Waals surface area contributed by atoms with Crippen molar-refractivity contribution in [2.75, 3.05) is 24.4 Å². The Morgan fingerprint density at radius 1 is 1.11 bits per heavy atom. The lowest BCUT2D eigenvalue weighted by atomic mass is 9.82. The number of hydrogen-bond acceptors (Lipinski definition) is 6. The van der Waals surface area contributed by atoms with Crippen LogP contribution >= 0.6 is 0 Å². The summed E-state index contributed by atoms with van der Waals surface area (Å²) in [5, 5.41) is 8.44. The molecule has 1 atom stereocenters. The second kappa shape index (κ2) is 8.84. The number of urea groups is 1. The average Bonchev–Trinajstić information content (AvgIpc) is 3.61. The van der Waals surface area contributed by atoms with Crippen molar-refractivity contribution in [3.63, 3.8) is 0 Å². The summed E-state index contributed by atoms with van der Waals surface area (Å²) in [6.07, 6.45) is 6.48. The fourth-order valence-electron chi connectivity index (χ4n) is 5.41. The lowest BCUT2D eigenvalue weighted by Gasteiger charge is -2.23. The van der Waals surface area contributed by atoms with Gasteiger partial charge in [0, 0.05) is 66.8 Å². The Balaban J connectivity index is 1.32. The zero-order chi connectivity index (χ0) is 25.6. The van der Waals surface area contributed by atoms with Gasteiger partial charge in [0.05, 0.1) is 16.9 Å². The van der Waals surface area contributed by atoms with Gasteiger partial charge in [-0.05, 0) is 56.2 Å². The van der Waals surface area contributed by atoms with E-state index < -0.39 is 10.0 Å². The van der Waals surface area contributed by atoms with Crippen molar-refractivity contribution >= 4 is 32.6 Å². The van der Waals surface area contributed by atoms with Crippen LogP contribution in [0.3, 0.4) is 0 Å². The predicted octanol–water partition coefficient (Wildman–Crippen LogP) is 3.37. The quantitative estimate of drug-likeness (QED) is 0.419. The van der Waals surface area contributed by atoms with Crippen LogP contribution in [0.15, 0.2) is 66.0 Å². The first-order valence-electron chi connectivity index (χ1n) is 12.3. The number of pyridine rings is 2. The van der Waals surface area contributed by atoms with Gasteiger partial charge in [-0.25, -0.2) is 13.2 Å². The van der Waals surface area contributed by atoms with Gasteiger partial charge in [-0.2, -0.15) is 5.10 Å². The first-order valence-corrected chi connectivity index (χ1v) is 13.8. The molecule has 1 saturated heterocycles. The third-order valence-electron chi connectivity index (χ3n) is 7.30. The van der Waals surface area contributed by atoms with Crippen molar-refractivity contribution < 1.29 is 13.2 Å². The summed E-state index contributed by atoms with van der Waals surface area (Å²) >= 11 is 0. The van der Waals surface area contributed by atoms with E-state index in [1.54, 1.807) is 24.4 Å². The number of sulfonamides is 1. The smallest absolute Gasteiger partial charge is 0.317 e. The fourth-order valence-corrected chi connectivity index (χ4v) is 6.46. The SMILES string of the molecule is CCNC(=O)N1CCC2(CCn3nc(-c4cnc5cccc(NS(=O)(=O)c6cccnc6)c5c4)cc32)C1. The maximum absolute atomic E-state index is 12.9. The first-order chi connectivity index (χ1) is 17.9. The number of carbonyl (C=O) groups excluding carboxylic acids is 1. The molecule has 0 radical (unpaired) electrons. The zero-order valence-electron chi connectivity index (χ0n) is 20.4. The number of nitrogens with zero attached hydrogens (tertiary/aromatic N) is 5. The molecule has 10 nitrogen and oxygen atoms in total. The highest BCUT2D eigenvalue weighted by molar-refractivity contribution is 7.92. The van der Waals surface area contributed by atoms with Crippen LogP contribution in [0.4, 0.5) is 10.5 Å². The number of fused-ring (bicyclic) bond motifs is 3. The van der Waals surface area contributed by atoms with E-state index in [1.165, 1.54) is 18.5 Å². The van der Waals surface area contributed by atoms with E-state index in [9.17, 15) is 13.2 Å². The summed E-state index contributed by atoms with van der Waals surface area (Å²) in [6.45, 7) is 4.74. The minimum absolute atomic E-state index is 0.0161. The van der Waals surface area contributed by atoms with Crippen LogP contribution in [-0.2, 0) is 22.0 Å². The van der Waals surface area contributed by atoms with Gasteiger partial charge in [-0.1, -0.05) is 6.07 Å². The molecule has 1 fully saturated rings. The van der Waals surface area contributed by atoms with Crippen molar-refractivity contribution in [2.24, 2.45) is 0 Å². The fraction of sp³-hybridized carbons (Fsp3) is 0.308. The van der Waals surface area contributed by atoms with E-state index in [2.05, 4.69) is 26.1 Å². The van der Waals surface area contributed by atoms with Crippen LogP contribution < -0.4 is 10.0 Å². The Morgan fingerprint density at radius 3 is 2.78 bits per heavy atom. The van der Waals surface area contributed by atoms with E-state index >= 15 is 0 Å². The van der Waals surface area contributed by atoms with E-state index in [0.29, 0.717) is 29.7 Å². The van der Waals surface area contributed by atoms with Gasteiger partial charge in [0.1, 0.15) is 4.90 Å². The van der Waals surface area contributed by atoms with Crippen LogP contribution in [0.25, 0.3) is 22.2 Å². The molecule has 0 saturated carbocycles. The van der Waals surface area contributed by atoms with Gasteiger partial charge in [0.15, 0.2) is 0 Å². The lowest BCUT2D eigenvalue weighted by molar-refractivity contribution is 0.206. The van der Waals surface area contributed by atoms with E-state index in [-0.39, 0.29) is 16.3 Å². The molecule has 1 unspecified atom stereocenters. The molecule has 190 valence electrons. The van der Waals surface area contributed by atoms with Gasteiger partial charge < -0.3 is 10.2 Å². The third-order valence-corrected chi connectivity index (χ3v) is 8.66. The molecule has 2 aliphatic rings. The number of aromatic nitrogens is 4. The second-order valence-corrected chi connectivity index (χ2v) is 11.2. The first kappa shape index (κ1) is 23.4. The van der Waals surface area contributed by atoms with Crippen molar-refractivity contribution in [2.45, 2.75) is 36.6 Å². The van der Waals surface area contributed by atoms with Gasteiger partial charge in [0.25, 0.3) is 10.0 Å². The minimum atomic E-state index is -3.81. The number of aryl methyl sites for hydroxylation is 1. The molecule has 37 heavy (non-hydrogen) atoms. The molecule has 1 spiro atoms. The van der Waals surface area contributed by atoms with Crippen LogP contribution in [0.5, 0.6) is 0 Å². The van der Waals surface area contributed by atoms with Gasteiger partial charge in [-0.15, -0.1) is 0 Å². The number of amides is 2. The largest absolute Gasteiger partial charge is 0.338 e. The van der Waals surface area contributed by atoms with Crippen LogP contribution in [0, 0.1) is 0 Å². The molecule has 0 bridgehead atoms. The Kier molecular flexibility index (Phi) is 5.59. The highest BCUT2D eigenvalue weighted by atomic mass is 32.2. The van der Waals surface area contributed by atoms with E-state index in [0.717, 1.165) is 42.9 Å². The topological polar surface area (TPSA) is 122 Å². The zero-order valence-corrected chi connectivity index (χ0v) is 21.2. The summed E-state index contributed by atoms with van der Waals surface area (Å²) in [7, 11) is -3.81. The molecule has 2 aliphatic heterocycles. The maximum Gasteiger partial charge on any atom is 0.317 e. The number of hydrogen-bond donors (Lipinski definition) is 2. The van der Waals surface area contributed by atoms with Gasteiger partial charge in [0.2, 0.25) is 0 Å². The summed E-state index contributed by atoms with van der Waals surface area (Å²) in [5.41, 5.74) is 3.74. The number of nitrogens with one attached hydrogen (secondary N) is 2. The molecule has 2 N–H and O–H groups in total. The Bertz CT molecular complexity index is 1600. The maximum atomic E-state index is 12.9. The van der Waals surface area contributed by atoms with Crippen molar-refractivity contribution in [3.05, 3.63) is 66.7 Å². The van der Waals surface area contributed by atoms with Crippen LogP contribution in [-0.4, -0.2) is 58.7 Å². The van der Waals surface area contributed by atoms with Crippen LogP contribution in [0.1, 0.15) is 25.5 Å². The highest BCUT2D eigenvalue weighted by Crippen LogP contribution is 2.44. The molecule has 0 aliphatic carbocycles. The normalized spacial score (nSPS) is 18.9. The highest BCUT2D eigenvalue weighted by Gasteiger charge is 2.46. The van der Waals surface area contributed by atoms with E-state index in [4.69, 9.17) is 5.10 Å². The molecule has 5 heterocycles. The average molecular weight is 518 g/mol. The van der Waals surface area contributed by atoms with Crippen molar-refractivity contribution in [1.82, 2.24) is 30.0 Å². The third kappa shape index (κ3) is 4.08. The predicted molar refractivity (Wildman–Crippen MR) is 140 cm³/mol. The minimum Gasteiger partial charge on any atom is -0.338 e. The van der Waals surface area contributed by atoms with Gasteiger partial charge >= 0.3 is 6.03 Å². The molecule has 1 aromatic carbocycles. The Morgan fingerprint density at radius 2 is 1.97 bits per heavy atom. The summed E-state index contributed by atoms with van der Waals surface area (Å²) < 4.78 is 30.6. The lowest BCUT2D eigenvalue weighted by Crippen LogP contribution is -2.40. The molecular weight excluding hydrogens is 490 g/mol. The second-order valence-electron chi connectivity index (χ2n) is 9.57. The Hall–Kier alpha value is -3.99. The summed E-state index contributed by atoms with van der Waals surface area (Å²) in [6, 6.07) is 12.4. The molecule has 2 amide bonds. The van der Waals surface area contributed by atoms with Crippen LogP contribution in [0.2, 0.25) is 0 Å². The number of likely N-dealkylation sites (tertiary alicyclic amines) is 1. The molecular formula is C26H27N7O3S. The summed E-state index contributed by atoms with van der Waals surface area (Å²) in [4.78, 5) is 22.9. The molecule has 11 heteroatoms. The van der Waals surface area contributed by atoms with E-state index in [1.807, 2.05) is 28.6 Å².